The Morgan fingerprint density at radius 2 is 2.16 bits per heavy atom. The van der Waals surface area contributed by atoms with E-state index in [4.69, 9.17) is 0 Å². The van der Waals surface area contributed by atoms with Crippen molar-refractivity contribution in [2.24, 2.45) is 0 Å². The normalized spacial score (nSPS) is 19.8. The molecule has 0 saturated carbocycles. The van der Waals surface area contributed by atoms with Crippen LogP contribution in [-0.4, -0.2) is 39.1 Å². The number of carbonyl (C=O) groups excluding carboxylic acids is 2. The Morgan fingerprint density at radius 3 is 2.79 bits per heavy atom. The Morgan fingerprint density at radius 1 is 1.47 bits per heavy atom. The first-order valence-electron chi connectivity index (χ1n) is 6.24. The van der Waals surface area contributed by atoms with Gasteiger partial charge >= 0.3 is 0 Å². The number of rotatable bonds is 3. The van der Waals surface area contributed by atoms with E-state index in [1.54, 1.807) is 11.8 Å². The SMILES string of the molecule is CCn1nc(C)c(Br)c1CN1C(=O)CNC(=O)C1C. The Hall–Kier alpha value is -1.37. The Kier molecular flexibility index (Phi) is 3.93. The number of nitrogens with one attached hydrogen (secondary N) is 1. The highest BCUT2D eigenvalue weighted by Gasteiger charge is 2.32. The second kappa shape index (κ2) is 5.32. The van der Waals surface area contributed by atoms with Gasteiger partial charge in [0.05, 0.1) is 29.0 Å². The van der Waals surface area contributed by atoms with E-state index >= 15 is 0 Å². The maximum atomic E-state index is 11.9. The summed E-state index contributed by atoms with van der Waals surface area (Å²) in [5, 5.41) is 6.98. The molecule has 0 spiro atoms. The van der Waals surface area contributed by atoms with Gasteiger partial charge in [0.15, 0.2) is 0 Å². The first kappa shape index (κ1) is 14.0. The molecular formula is C12H17BrN4O2. The van der Waals surface area contributed by atoms with Crippen LogP contribution in [0.3, 0.4) is 0 Å². The summed E-state index contributed by atoms with van der Waals surface area (Å²) in [5.74, 6) is -0.185. The molecule has 104 valence electrons. The van der Waals surface area contributed by atoms with Gasteiger partial charge < -0.3 is 10.2 Å². The smallest absolute Gasteiger partial charge is 0.242 e. The molecule has 2 heterocycles. The van der Waals surface area contributed by atoms with Crippen molar-refractivity contribution in [1.29, 1.82) is 0 Å². The van der Waals surface area contributed by atoms with Crippen molar-refractivity contribution in [3.05, 3.63) is 15.9 Å². The van der Waals surface area contributed by atoms with E-state index in [-0.39, 0.29) is 18.4 Å². The number of aryl methyl sites for hydroxylation is 2. The van der Waals surface area contributed by atoms with Crippen molar-refractivity contribution in [1.82, 2.24) is 20.0 Å². The molecule has 0 aliphatic carbocycles. The average Bonchev–Trinajstić information content (AvgIpc) is 2.66. The lowest BCUT2D eigenvalue weighted by molar-refractivity contribution is -0.145. The van der Waals surface area contributed by atoms with Gasteiger partial charge in [0, 0.05) is 6.54 Å². The molecule has 1 unspecified atom stereocenters. The predicted molar refractivity (Wildman–Crippen MR) is 73.4 cm³/mol. The van der Waals surface area contributed by atoms with Gasteiger partial charge in [-0.1, -0.05) is 0 Å². The zero-order chi connectivity index (χ0) is 14.2. The zero-order valence-electron chi connectivity index (χ0n) is 11.2. The molecule has 19 heavy (non-hydrogen) atoms. The van der Waals surface area contributed by atoms with E-state index in [2.05, 4.69) is 26.3 Å². The summed E-state index contributed by atoms with van der Waals surface area (Å²) in [4.78, 5) is 25.2. The summed E-state index contributed by atoms with van der Waals surface area (Å²) in [5.41, 5.74) is 1.81. The quantitative estimate of drug-likeness (QED) is 0.893. The first-order chi connectivity index (χ1) is 8.95. The van der Waals surface area contributed by atoms with Crippen LogP contribution in [0.1, 0.15) is 25.2 Å². The van der Waals surface area contributed by atoms with Crippen LogP contribution in [0, 0.1) is 6.92 Å². The van der Waals surface area contributed by atoms with Crippen LogP contribution in [0.15, 0.2) is 4.47 Å². The topological polar surface area (TPSA) is 67.2 Å². The lowest BCUT2D eigenvalue weighted by atomic mass is 10.2. The zero-order valence-corrected chi connectivity index (χ0v) is 12.8. The summed E-state index contributed by atoms with van der Waals surface area (Å²) in [6, 6.07) is -0.450. The van der Waals surface area contributed by atoms with Gasteiger partial charge in [-0.3, -0.25) is 14.3 Å². The summed E-state index contributed by atoms with van der Waals surface area (Å²) < 4.78 is 2.76. The summed E-state index contributed by atoms with van der Waals surface area (Å²) in [6.45, 7) is 6.83. The standard InChI is InChI=1S/C12H17BrN4O2/c1-4-17-9(11(13)7(2)15-17)6-16-8(3)12(19)14-5-10(16)18/h8H,4-6H2,1-3H3,(H,14,19). The number of halogens is 1. The van der Waals surface area contributed by atoms with Crippen LogP contribution >= 0.6 is 15.9 Å². The number of hydrogen-bond acceptors (Lipinski definition) is 3. The van der Waals surface area contributed by atoms with Gasteiger partial charge in [-0.05, 0) is 36.7 Å². The molecule has 1 saturated heterocycles. The molecule has 2 amide bonds. The van der Waals surface area contributed by atoms with Crippen molar-refractivity contribution in [2.45, 2.75) is 39.9 Å². The van der Waals surface area contributed by atoms with Crippen molar-refractivity contribution >= 4 is 27.7 Å². The molecule has 1 fully saturated rings. The molecule has 1 aliphatic rings. The van der Waals surface area contributed by atoms with E-state index in [1.165, 1.54) is 0 Å². The molecule has 1 aromatic heterocycles. The molecule has 1 aromatic rings. The van der Waals surface area contributed by atoms with Crippen molar-refractivity contribution < 1.29 is 9.59 Å². The average molecular weight is 329 g/mol. The van der Waals surface area contributed by atoms with Crippen LogP contribution in [0.4, 0.5) is 0 Å². The minimum Gasteiger partial charge on any atom is -0.345 e. The number of amides is 2. The van der Waals surface area contributed by atoms with Crippen molar-refractivity contribution in [3.8, 4) is 0 Å². The molecule has 7 heteroatoms. The van der Waals surface area contributed by atoms with E-state index in [9.17, 15) is 9.59 Å². The number of hydrogen-bond donors (Lipinski definition) is 1. The highest BCUT2D eigenvalue weighted by molar-refractivity contribution is 9.10. The molecule has 1 atom stereocenters. The van der Waals surface area contributed by atoms with E-state index in [0.29, 0.717) is 6.54 Å². The van der Waals surface area contributed by atoms with Crippen LogP contribution in [0.25, 0.3) is 0 Å². The minimum atomic E-state index is -0.450. The molecular weight excluding hydrogens is 312 g/mol. The van der Waals surface area contributed by atoms with Crippen molar-refractivity contribution in [3.63, 3.8) is 0 Å². The second-order valence-electron chi connectivity index (χ2n) is 4.58. The largest absolute Gasteiger partial charge is 0.345 e. The molecule has 0 aromatic carbocycles. The molecule has 6 nitrogen and oxygen atoms in total. The fourth-order valence-electron chi connectivity index (χ4n) is 2.18. The molecule has 0 bridgehead atoms. The number of carbonyl (C=O) groups is 2. The van der Waals surface area contributed by atoms with Crippen LogP contribution in [0.5, 0.6) is 0 Å². The van der Waals surface area contributed by atoms with Gasteiger partial charge in [-0.15, -0.1) is 0 Å². The third kappa shape index (κ3) is 2.51. The molecule has 1 aliphatic heterocycles. The van der Waals surface area contributed by atoms with E-state index in [0.717, 1.165) is 22.4 Å². The lowest BCUT2D eigenvalue weighted by Gasteiger charge is -2.32. The van der Waals surface area contributed by atoms with Crippen LogP contribution < -0.4 is 5.32 Å². The van der Waals surface area contributed by atoms with Gasteiger partial charge in [0.25, 0.3) is 0 Å². The maximum absolute atomic E-state index is 11.9. The third-order valence-corrected chi connectivity index (χ3v) is 4.39. The number of piperazine rings is 1. The minimum absolute atomic E-state index is 0.0690. The van der Waals surface area contributed by atoms with Gasteiger partial charge in [-0.2, -0.15) is 5.10 Å². The van der Waals surface area contributed by atoms with Gasteiger partial charge in [-0.25, -0.2) is 0 Å². The molecule has 0 radical (unpaired) electrons. The predicted octanol–water partition coefficient (Wildman–Crippen LogP) is 0.821. The Bertz CT molecular complexity index is 526. The Balaban J connectivity index is 2.29. The highest BCUT2D eigenvalue weighted by Crippen LogP contribution is 2.23. The third-order valence-electron chi connectivity index (χ3n) is 3.35. The first-order valence-corrected chi connectivity index (χ1v) is 7.04. The van der Waals surface area contributed by atoms with Crippen LogP contribution in [-0.2, 0) is 22.7 Å². The number of nitrogens with zero attached hydrogens (tertiary/aromatic N) is 3. The summed E-state index contributed by atoms with van der Waals surface area (Å²) >= 11 is 3.50. The monoisotopic (exact) mass is 328 g/mol. The molecule has 2 rings (SSSR count). The fourth-order valence-corrected chi connectivity index (χ4v) is 2.59. The maximum Gasteiger partial charge on any atom is 0.242 e. The van der Waals surface area contributed by atoms with Gasteiger partial charge in [0.1, 0.15) is 6.04 Å². The van der Waals surface area contributed by atoms with E-state index in [1.807, 2.05) is 18.5 Å². The van der Waals surface area contributed by atoms with E-state index < -0.39 is 6.04 Å². The Labute approximate surface area is 120 Å². The number of aromatic nitrogens is 2. The van der Waals surface area contributed by atoms with Crippen molar-refractivity contribution in [2.75, 3.05) is 6.54 Å². The lowest BCUT2D eigenvalue weighted by Crippen LogP contribution is -2.56. The second-order valence-corrected chi connectivity index (χ2v) is 5.37. The summed E-state index contributed by atoms with van der Waals surface area (Å²) in [6.07, 6.45) is 0. The molecule has 1 N–H and O–H groups in total. The summed E-state index contributed by atoms with van der Waals surface area (Å²) in [7, 11) is 0. The van der Waals surface area contributed by atoms with Crippen LogP contribution in [0.2, 0.25) is 0 Å². The highest BCUT2D eigenvalue weighted by atomic mass is 79.9. The van der Waals surface area contributed by atoms with Gasteiger partial charge in [0.2, 0.25) is 11.8 Å². The fraction of sp³-hybridized carbons (Fsp3) is 0.583.